The second-order valence-corrected chi connectivity index (χ2v) is 23.7. The van der Waals surface area contributed by atoms with Crippen molar-refractivity contribution in [3.63, 3.8) is 0 Å². The molecule has 0 saturated heterocycles. The van der Waals surface area contributed by atoms with Crippen molar-refractivity contribution in [1.82, 2.24) is 15.0 Å². The van der Waals surface area contributed by atoms with E-state index in [9.17, 15) is 51.3 Å². The van der Waals surface area contributed by atoms with Gasteiger partial charge in [-0.2, -0.15) is 33.7 Å². The molecule has 0 aliphatic heterocycles. The molecule has 0 radical (unpaired) electrons. The van der Waals surface area contributed by atoms with E-state index in [1.807, 2.05) is 37.5 Å². The fourth-order valence-corrected chi connectivity index (χ4v) is 12.1. The maximum absolute atomic E-state index is 14.0. The number of thioether (sulfide) groups is 1. The number of ether oxygens (including phenoxy) is 2. The van der Waals surface area contributed by atoms with Gasteiger partial charge in [0, 0.05) is 60.3 Å². The minimum Gasteiger partial charge on any atom is -0.494 e. The summed E-state index contributed by atoms with van der Waals surface area (Å²) in [7, 11) is -5.47. The van der Waals surface area contributed by atoms with Crippen LogP contribution in [0.2, 0.25) is 0 Å². The van der Waals surface area contributed by atoms with Gasteiger partial charge >= 0.3 is 10.6 Å². The van der Waals surface area contributed by atoms with Crippen molar-refractivity contribution in [1.29, 1.82) is 5.26 Å². The number of nitrogens with zero attached hydrogens (tertiary/aromatic N) is 11. The lowest BCUT2D eigenvalue weighted by molar-refractivity contribution is -0.120. The van der Waals surface area contributed by atoms with E-state index in [0.717, 1.165) is 54.3 Å². The number of carbonyl (C=O) groups is 4. The predicted molar refractivity (Wildman–Crippen MR) is 352 cm³/mol. The molecule has 0 spiro atoms. The van der Waals surface area contributed by atoms with Crippen LogP contribution in [0.4, 0.5) is 81.9 Å². The van der Waals surface area contributed by atoms with Crippen molar-refractivity contribution in [3.8, 4) is 17.6 Å². The molecule has 0 atom stereocenters. The number of aromatic nitrogens is 3. The van der Waals surface area contributed by atoms with Gasteiger partial charge < -0.3 is 45.6 Å². The topological polar surface area (TPSA) is 383 Å². The SMILES string of the molecule is O=S(=O)=O.[C-]#[N+]c1cc(/C=C(\C(C)=O)C(=O)Nc2cccc(F)c2)sc1N=Nc1cc(OC)c(N(CC)CC)cc1Nc1nc(Nc2cc(N(CC)CC)c(OC)cc2N=Nc2sc(/C=C(/C(C)=O)C(=O)Nc3cccc(F)c3)c(S(=O)(=O)O)c2C#N)nc(SCCO)n1. The Hall–Kier alpha value is -10.3. The summed E-state index contributed by atoms with van der Waals surface area (Å²) in [6.45, 7) is 19.8. The highest BCUT2D eigenvalue weighted by Gasteiger charge is 2.29. The number of hydrogen-bond acceptors (Lipinski definition) is 27. The first-order valence-electron chi connectivity index (χ1n) is 27.5. The van der Waals surface area contributed by atoms with Gasteiger partial charge in [0.1, 0.15) is 56.0 Å². The lowest BCUT2D eigenvalue weighted by atomic mass is 10.1. The highest BCUT2D eigenvalue weighted by atomic mass is 32.2. The number of hydrogen-bond donors (Lipinski definition) is 6. The monoisotopic (exact) mass is 1380 g/mol. The highest BCUT2D eigenvalue weighted by molar-refractivity contribution is 7.99. The number of halogens is 2. The lowest BCUT2D eigenvalue weighted by Crippen LogP contribution is -2.22. The van der Waals surface area contributed by atoms with Crippen LogP contribution in [0, 0.1) is 29.5 Å². The van der Waals surface area contributed by atoms with E-state index < -0.39 is 76.7 Å². The van der Waals surface area contributed by atoms with Crippen LogP contribution in [0.15, 0.2) is 121 Å². The van der Waals surface area contributed by atoms with Gasteiger partial charge in [-0.05, 0) is 108 Å². The smallest absolute Gasteiger partial charge is 0.425 e. The summed E-state index contributed by atoms with van der Waals surface area (Å²) < 4.78 is 101. The molecule has 7 aromatic rings. The number of azo groups is 2. The Bertz CT molecular complexity index is 4480. The maximum Gasteiger partial charge on any atom is 0.425 e. The van der Waals surface area contributed by atoms with Crippen molar-refractivity contribution < 1.29 is 68.1 Å². The Morgan fingerprint density at radius 2 is 1.20 bits per heavy atom. The molecule has 0 unspecified atom stereocenters. The van der Waals surface area contributed by atoms with Gasteiger partial charge in [0.15, 0.2) is 21.7 Å². The molecular weight excluding hydrogens is 1330 g/mol. The first-order chi connectivity index (χ1) is 44.8. The van der Waals surface area contributed by atoms with Crippen LogP contribution in [0.3, 0.4) is 0 Å². The number of ketones is 2. The second-order valence-electron chi connectivity index (χ2n) is 18.8. The first kappa shape index (κ1) is 72.8. The fourth-order valence-electron chi connectivity index (χ4n) is 8.55. The van der Waals surface area contributed by atoms with Crippen LogP contribution in [0.25, 0.3) is 17.0 Å². The zero-order chi connectivity index (χ0) is 69.0. The van der Waals surface area contributed by atoms with Crippen molar-refractivity contribution in [2.24, 2.45) is 20.5 Å². The van der Waals surface area contributed by atoms with Gasteiger partial charge in [-0.1, -0.05) is 23.9 Å². The summed E-state index contributed by atoms with van der Waals surface area (Å²) in [6, 6.07) is 19.6. The number of carbonyl (C=O) groups excluding carboxylic acids is 4. The number of nitrogens with one attached hydrogen (secondary N) is 4. The van der Waals surface area contributed by atoms with E-state index in [2.05, 4.69) is 56.5 Å². The van der Waals surface area contributed by atoms with Crippen LogP contribution in [0.5, 0.6) is 11.5 Å². The molecule has 0 aliphatic carbocycles. The number of nitriles is 1. The summed E-state index contributed by atoms with van der Waals surface area (Å²) >= 11 is 2.55. The first-order valence-corrected chi connectivity index (χ1v) is 32.6. The van der Waals surface area contributed by atoms with Gasteiger partial charge in [0.05, 0.1) is 66.2 Å². The molecule has 6 N–H and O–H groups in total. The van der Waals surface area contributed by atoms with E-state index in [4.69, 9.17) is 33.7 Å². The Kier molecular flexibility index (Phi) is 26.2. The van der Waals surface area contributed by atoms with Crippen molar-refractivity contribution in [2.75, 3.05) is 83.8 Å². The summed E-state index contributed by atoms with van der Waals surface area (Å²) in [5.41, 5.74) is 0.375. The van der Waals surface area contributed by atoms with Crippen LogP contribution < -0.4 is 40.5 Å². The number of Topliss-reactive ketones (excluding diaryl/α,β-unsaturated/α-hetero) is 2. The molecule has 2 amide bonds. The van der Waals surface area contributed by atoms with E-state index in [1.165, 1.54) is 69.7 Å². The average molecular weight is 1380 g/mol. The van der Waals surface area contributed by atoms with Gasteiger partial charge in [0.2, 0.25) is 17.6 Å². The zero-order valence-electron chi connectivity index (χ0n) is 51.0. The van der Waals surface area contributed by atoms with E-state index >= 15 is 0 Å². The molecule has 94 heavy (non-hydrogen) atoms. The van der Waals surface area contributed by atoms with Crippen LogP contribution in [-0.4, -0.2) is 122 Å². The standard InChI is InChI=1S/C59H57F2N15O10S4.O3S/c1-10-75(11-2)47-27-42(44(29-49(47)85-8)71-73-55-41(31-62)52(90(82,83)84)51(89-55)26-40(33(6)79)54(81)65-37-19-15-17-35(61)23-37)66-57-68-58(70-59(69-57)87-21-20-77)67-43-28-48(76(12-3)13-4)50(86-9)30-45(43)72-74-56-46(63-7)25-38(88-56)24-39(32(5)78)53(80)64-36-18-14-16-34(60)22-36;1-4(2)3/h14-19,22-30,77H,10-13,20-21H2,1-6,8-9H3,(H,64,80)(H,65,81)(H,82,83,84)(H2,66,67,68,69,70);/b39-24+,40-26-,73-71?,74-72?;. The molecule has 0 saturated carbocycles. The molecule has 7 rings (SSSR count). The summed E-state index contributed by atoms with van der Waals surface area (Å²) in [4.78, 5) is 72.9. The molecule has 35 heteroatoms. The van der Waals surface area contributed by atoms with Crippen LogP contribution in [0.1, 0.15) is 56.9 Å². The van der Waals surface area contributed by atoms with Gasteiger partial charge in [0.25, 0.3) is 21.9 Å². The number of amides is 2. The molecule has 490 valence electrons. The third kappa shape index (κ3) is 19.4. The van der Waals surface area contributed by atoms with E-state index in [1.54, 1.807) is 24.3 Å². The molecular formula is C59H57F2N15O13S5. The Morgan fingerprint density at radius 3 is 1.61 bits per heavy atom. The van der Waals surface area contributed by atoms with Crippen LogP contribution >= 0.6 is 34.4 Å². The molecule has 0 aliphatic rings. The number of thiophene rings is 2. The Balaban J connectivity index is 0.00000340. The normalized spacial score (nSPS) is 11.5. The van der Waals surface area contributed by atoms with Crippen LogP contribution in [-0.2, 0) is 39.9 Å². The average Bonchev–Trinajstić information content (AvgIpc) is 1.64. The number of benzene rings is 4. The summed E-state index contributed by atoms with van der Waals surface area (Å²) in [6.07, 6.45) is 2.16. The minimum atomic E-state index is -5.26. The molecule has 3 aromatic heterocycles. The summed E-state index contributed by atoms with van der Waals surface area (Å²) in [5, 5.41) is 49.3. The third-order valence-corrected chi connectivity index (χ3v) is 16.7. The maximum atomic E-state index is 14.0. The fraction of sp³-hybridized carbons (Fsp3) is 0.237. The number of anilines is 8. The third-order valence-electron chi connectivity index (χ3n) is 12.8. The molecule has 0 bridgehead atoms. The quantitative estimate of drug-likeness (QED) is 0.00504. The van der Waals surface area contributed by atoms with Gasteiger partial charge in [-0.3, -0.25) is 23.7 Å². The molecule has 4 aromatic carbocycles. The van der Waals surface area contributed by atoms with Crippen molar-refractivity contribution in [2.45, 2.75) is 51.6 Å². The van der Waals surface area contributed by atoms with E-state index in [-0.39, 0.29) is 84.8 Å². The largest absolute Gasteiger partial charge is 0.494 e. The highest BCUT2D eigenvalue weighted by Crippen LogP contribution is 2.46. The molecule has 3 heterocycles. The minimum absolute atomic E-state index is 0.00120. The number of methoxy groups -OCH3 is 2. The predicted octanol–water partition coefficient (Wildman–Crippen LogP) is 12.3. The van der Waals surface area contributed by atoms with Crippen molar-refractivity contribution in [3.05, 3.63) is 128 Å². The molecule has 28 nitrogen and oxygen atoms in total. The van der Waals surface area contributed by atoms with Crippen molar-refractivity contribution >= 4 is 164 Å². The molecule has 0 fully saturated rings. The number of aliphatic hydroxyl groups excluding tert-OH is 1. The Labute approximate surface area is 550 Å². The summed E-state index contributed by atoms with van der Waals surface area (Å²) in [5.74, 6) is -3.91. The van der Waals surface area contributed by atoms with Gasteiger partial charge in [-0.25, -0.2) is 13.6 Å². The lowest BCUT2D eigenvalue weighted by Gasteiger charge is -2.25. The van der Waals surface area contributed by atoms with E-state index in [0.29, 0.717) is 65.3 Å². The zero-order valence-corrected chi connectivity index (χ0v) is 55.1. The number of aliphatic hydroxyl groups is 1. The Morgan fingerprint density at radius 1 is 0.734 bits per heavy atom. The number of rotatable bonds is 28. The second kappa shape index (κ2) is 33.9. The van der Waals surface area contributed by atoms with Gasteiger partial charge in [-0.15, -0.1) is 50.6 Å².